The second kappa shape index (κ2) is 4.16. The summed E-state index contributed by atoms with van der Waals surface area (Å²) in [4.78, 5) is 3.46. The number of nitrogens with one attached hydrogen (secondary N) is 1. The van der Waals surface area contributed by atoms with Gasteiger partial charge in [-0.1, -0.05) is 0 Å². The quantitative estimate of drug-likeness (QED) is 0.868. The fraction of sp³-hybridized carbons (Fsp3) is 0.333. The number of hydrogen-bond donors (Lipinski definition) is 2. The van der Waals surface area contributed by atoms with Crippen molar-refractivity contribution in [2.75, 3.05) is 6.26 Å². The van der Waals surface area contributed by atoms with Crippen molar-refractivity contribution in [1.82, 2.24) is 4.98 Å². The molecule has 0 saturated carbocycles. The minimum atomic E-state index is -3.16. The zero-order chi connectivity index (χ0) is 12.6. The van der Waals surface area contributed by atoms with E-state index in [0.717, 1.165) is 22.9 Å². The van der Waals surface area contributed by atoms with Crippen LogP contribution in [-0.4, -0.2) is 25.7 Å². The maximum Gasteiger partial charge on any atom is 0.175 e. The van der Waals surface area contributed by atoms with Gasteiger partial charge in [-0.15, -0.1) is 0 Å². The lowest BCUT2D eigenvalue weighted by Crippen LogP contribution is -2.17. The van der Waals surface area contributed by atoms with Crippen LogP contribution in [0.1, 0.15) is 12.5 Å². The van der Waals surface area contributed by atoms with Gasteiger partial charge in [0.05, 0.1) is 4.90 Å². The molecule has 1 aromatic heterocycles. The molecule has 1 aromatic carbocycles. The Bertz CT molecular complexity index is 642. The first-order valence-corrected chi connectivity index (χ1v) is 7.32. The number of aromatic amines is 1. The van der Waals surface area contributed by atoms with Crippen LogP contribution in [0.15, 0.2) is 29.3 Å². The normalized spacial score (nSPS) is 14.1. The number of hydrogen-bond acceptors (Lipinski definition) is 3. The summed E-state index contributed by atoms with van der Waals surface area (Å²) in [7, 11) is -3.16. The highest BCUT2D eigenvalue weighted by atomic mass is 32.2. The minimum Gasteiger partial charge on any atom is -0.361 e. The Labute approximate surface area is 101 Å². The number of H-pyrrole nitrogens is 1. The average molecular weight is 252 g/mol. The third-order valence-corrected chi connectivity index (χ3v) is 3.82. The van der Waals surface area contributed by atoms with E-state index < -0.39 is 9.84 Å². The molecule has 0 amide bonds. The van der Waals surface area contributed by atoms with Gasteiger partial charge < -0.3 is 10.7 Å². The van der Waals surface area contributed by atoms with E-state index in [-0.39, 0.29) is 6.04 Å². The van der Waals surface area contributed by atoms with Gasteiger partial charge >= 0.3 is 0 Å². The first-order valence-electron chi connectivity index (χ1n) is 5.43. The molecule has 2 rings (SSSR count). The van der Waals surface area contributed by atoms with Crippen LogP contribution < -0.4 is 5.73 Å². The zero-order valence-corrected chi connectivity index (χ0v) is 10.7. The van der Waals surface area contributed by atoms with Crippen molar-refractivity contribution in [3.8, 4) is 0 Å². The van der Waals surface area contributed by atoms with Gasteiger partial charge in [0.15, 0.2) is 9.84 Å². The van der Waals surface area contributed by atoms with Crippen LogP contribution in [0.4, 0.5) is 0 Å². The molecule has 0 saturated heterocycles. The molecule has 5 heteroatoms. The Morgan fingerprint density at radius 2 is 2.12 bits per heavy atom. The molecule has 4 nitrogen and oxygen atoms in total. The van der Waals surface area contributed by atoms with Crippen molar-refractivity contribution in [1.29, 1.82) is 0 Å². The van der Waals surface area contributed by atoms with Gasteiger partial charge in [0, 0.05) is 29.4 Å². The van der Waals surface area contributed by atoms with Crippen LogP contribution in [0.3, 0.4) is 0 Å². The van der Waals surface area contributed by atoms with Crippen molar-refractivity contribution in [2.24, 2.45) is 5.73 Å². The largest absolute Gasteiger partial charge is 0.361 e. The predicted molar refractivity (Wildman–Crippen MR) is 68.8 cm³/mol. The van der Waals surface area contributed by atoms with Gasteiger partial charge in [-0.2, -0.15) is 0 Å². The number of nitrogens with two attached hydrogens (primary N) is 1. The maximum atomic E-state index is 11.5. The smallest absolute Gasteiger partial charge is 0.175 e. The van der Waals surface area contributed by atoms with E-state index in [0.29, 0.717) is 4.90 Å². The SMILES string of the molecule is CC(N)Cc1c[nH]c2ccc(S(C)(=O)=O)cc12. The number of rotatable bonds is 3. The summed E-state index contributed by atoms with van der Waals surface area (Å²) in [6, 6.07) is 5.16. The van der Waals surface area contributed by atoms with E-state index in [1.165, 1.54) is 6.26 Å². The van der Waals surface area contributed by atoms with E-state index >= 15 is 0 Å². The lowest BCUT2D eigenvalue weighted by Gasteiger charge is -2.04. The van der Waals surface area contributed by atoms with Gasteiger partial charge in [0.1, 0.15) is 0 Å². The molecular formula is C12H16N2O2S. The lowest BCUT2D eigenvalue weighted by molar-refractivity contribution is 0.602. The first-order chi connectivity index (χ1) is 7.88. The molecule has 0 aliphatic rings. The lowest BCUT2D eigenvalue weighted by atomic mass is 10.1. The molecule has 0 fully saturated rings. The molecule has 92 valence electrons. The summed E-state index contributed by atoms with van der Waals surface area (Å²) in [5.41, 5.74) is 7.76. The van der Waals surface area contributed by atoms with Gasteiger partial charge in [-0.25, -0.2) is 8.42 Å². The Morgan fingerprint density at radius 3 is 2.71 bits per heavy atom. The molecule has 3 N–H and O–H groups in total. The Kier molecular flexibility index (Phi) is 2.97. The summed E-state index contributed by atoms with van der Waals surface area (Å²) in [5.74, 6) is 0. The molecule has 0 aliphatic heterocycles. The number of fused-ring (bicyclic) bond motifs is 1. The molecule has 2 aromatic rings. The van der Waals surface area contributed by atoms with Crippen LogP contribution in [-0.2, 0) is 16.3 Å². The highest BCUT2D eigenvalue weighted by Crippen LogP contribution is 2.23. The van der Waals surface area contributed by atoms with Crippen molar-refractivity contribution in [3.05, 3.63) is 30.0 Å². The third kappa shape index (κ3) is 2.50. The molecule has 1 atom stereocenters. The molecular weight excluding hydrogens is 236 g/mol. The van der Waals surface area contributed by atoms with E-state index in [1.807, 2.05) is 13.1 Å². The second-order valence-corrected chi connectivity index (χ2v) is 6.49. The average Bonchev–Trinajstić information content (AvgIpc) is 2.59. The summed E-state index contributed by atoms with van der Waals surface area (Å²) in [6.45, 7) is 1.93. The van der Waals surface area contributed by atoms with Crippen molar-refractivity contribution in [3.63, 3.8) is 0 Å². The molecule has 17 heavy (non-hydrogen) atoms. The van der Waals surface area contributed by atoms with Crippen molar-refractivity contribution < 1.29 is 8.42 Å². The van der Waals surface area contributed by atoms with E-state index in [9.17, 15) is 8.42 Å². The highest BCUT2D eigenvalue weighted by molar-refractivity contribution is 7.90. The minimum absolute atomic E-state index is 0.0517. The molecule has 1 heterocycles. The fourth-order valence-electron chi connectivity index (χ4n) is 1.90. The van der Waals surface area contributed by atoms with Crippen LogP contribution in [0.2, 0.25) is 0 Å². The standard InChI is InChI=1S/C12H16N2O2S/c1-8(13)5-9-7-14-12-4-3-10(6-11(9)12)17(2,15)16/h3-4,6-8,14H,5,13H2,1-2H3. The van der Waals surface area contributed by atoms with Gasteiger partial charge in [-0.3, -0.25) is 0 Å². The summed E-state index contributed by atoms with van der Waals surface area (Å²) < 4.78 is 23.0. The third-order valence-electron chi connectivity index (χ3n) is 2.71. The number of benzene rings is 1. The van der Waals surface area contributed by atoms with Gasteiger partial charge in [-0.05, 0) is 37.1 Å². The summed E-state index contributed by atoms with van der Waals surface area (Å²) in [5, 5.41) is 0.935. The monoisotopic (exact) mass is 252 g/mol. The van der Waals surface area contributed by atoms with Crippen LogP contribution in [0.5, 0.6) is 0 Å². The molecule has 0 aliphatic carbocycles. The Morgan fingerprint density at radius 1 is 1.41 bits per heavy atom. The van der Waals surface area contributed by atoms with E-state index in [2.05, 4.69) is 4.98 Å². The zero-order valence-electron chi connectivity index (χ0n) is 9.90. The number of sulfone groups is 1. The van der Waals surface area contributed by atoms with Gasteiger partial charge in [0.25, 0.3) is 0 Å². The first kappa shape index (κ1) is 12.1. The predicted octanol–water partition coefficient (Wildman–Crippen LogP) is 1.46. The summed E-state index contributed by atoms with van der Waals surface area (Å²) in [6.07, 6.45) is 3.83. The van der Waals surface area contributed by atoms with E-state index in [4.69, 9.17) is 5.73 Å². The van der Waals surface area contributed by atoms with Crippen LogP contribution in [0, 0.1) is 0 Å². The molecule has 0 bridgehead atoms. The van der Waals surface area contributed by atoms with Crippen molar-refractivity contribution in [2.45, 2.75) is 24.3 Å². The molecule has 1 unspecified atom stereocenters. The Balaban J connectivity index is 2.58. The van der Waals surface area contributed by atoms with E-state index in [1.54, 1.807) is 18.2 Å². The Hall–Kier alpha value is -1.33. The summed E-state index contributed by atoms with van der Waals surface area (Å²) >= 11 is 0. The topological polar surface area (TPSA) is 76.0 Å². The number of aromatic nitrogens is 1. The molecule has 0 spiro atoms. The second-order valence-electron chi connectivity index (χ2n) is 4.47. The van der Waals surface area contributed by atoms with Crippen LogP contribution >= 0.6 is 0 Å². The van der Waals surface area contributed by atoms with Crippen molar-refractivity contribution >= 4 is 20.7 Å². The highest BCUT2D eigenvalue weighted by Gasteiger charge is 2.11. The molecule has 0 radical (unpaired) electrons. The van der Waals surface area contributed by atoms with Gasteiger partial charge in [0.2, 0.25) is 0 Å². The fourth-order valence-corrected chi connectivity index (χ4v) is 2.55. The maximum absolute atomic E-state index is 11.5. The van der Waals surface area contributed by atoms with Crippen LogP contribution in [0.25, 0.3) is 10.9 Å².